The zero-order chi connectivity index (χ0) is 84.1. The molecule has 0 saturated carbocycles. The number of carbonyl (C=O) groups is 1. The molecule has 41 heteroatoms. The van der Waals surface area contributed by atoms with Gasteiger partial charge in [-0.15, -0.1) is 25.1 Å². The highest BCUT2D eigenvalue weighted by molar-refractivity contribution is 5.91. The topological polar surface area (TPSA) is 504 Å². The first-order valence-electron chi connectivity index (χ1n) is 33.9. The first kappa shape index (κ1) is 87.9. The number of nitrogens with zero attached hydrogens (tertiary/aromatic N) is 14. The molecule has 0 atom stereocenters. The van der Waals surface area contributed by atoms with Gasteiger partial charge in [-0.2, -0.15) is 22.5 Å². The third-order valence-corrected chi connectivity index (χ3v) is 14.7. The molecule has 0 amide bonds. The summed E-state index contributed by atoms with van der Waals surface area (Å²) < 4.78 is 63.2. The molecule has 0 aliphatic carbocycles. The molecule has 0 saturated heterocycles. The number of halogens is 3. The van der Waals surface area contributed by atoms with Crippen LogP contribution in [0.1, 0.15) is 99.2 Å². The minimum atomic E-state index is -4.45. The van der Waals surface area contributed by atoms with E-state index in [1.54, 1.807) is 137 Å². The molecule has 12 aromatic heterocycles. The van der Waals surface area contributed by atoms with Gasteiger partial charge in [0.05, 0.1) is 23.0 Å². The quantitative estimate of drug-likeness (QED) is 0.0717. The number of H-pyrrole nitrogens is 8. The van der Waals surface area contributed by atoms with Gasteiger partial charge in [-0.1, -0.05) is 72.8 Å². The normalized spacial score (nSPS) is 10.4. The Balaban J connectivity index is 0.000000199. The molecule has 15 aromatic rings. The van der Waals surface area contributed by atoms with Gasteiger partial charge in [0.15, 0.2) is 5.82 Å². The molecule has 0 unspecified atom stereocenters. The van der Waals surface area contributed by atoms with Gasteiger partial charge < -0.3 is 62.2 Å². The van der Waals surface area contributed by atoms with E-state index in [4.69, 9.17) is 9.52 Å². The van der Waals surface area contributed by atoms with Crippen molar-refractivity contribution in [3.63, 3.8) is 0 Å². The molecular formula is C73H83F3N22O16. The Bertz CT molecular complexity index is 6040. The zero-order valence-corrected chi connectivity index (χ0v) is 64.0. The van der Waals surface area contributed by atoms with Gasteiger partial charge in [0.1, 0.15) is 12.4 Å². The van der Waals surface area contributed by atoms with Crippen molar-refractivity contribution in [2.75, 3.05) is 0 Å². The first-order chi connectivity index (χ1) is 53.9. The highest BCUT2D eigenvalue weighted by Crippen LogP contribution is 2.16. The number of rotatable bonds is 9. The molecule has 0 fully saturated rings. The maximum atomic E-state index is 11.7. The minimum absolute atomic E-state index is 0.0532. The summed E-state index contributed by atoms with van der Waals surface area (Å²) in [5, 5.41) is 25.4. The number of nitrogens with one attached hydrogen (secondary N) is 8. The number of aromatic nitrogens is 22. The Hall–Kier alpha value is -15.0. The highest BCUT2D eigenvalue weighted by atomic mass is 19.4. The maximum Gasteiger partial charge on any atom is 0.443 e. The molecule has 0 bridgehead atoms. The molecule has 9 N–H and O–H groups in total. The number of alkyl halides is 3. The van der Waals surface area contributed by atoms with E-state index in [-0.39, 0.29) is 62.1 Å². The zero-order valence-electron chi connectivity index (χ0n) is 64.0. The average Bonchev–Trinajstić information content (AvgIpc) is 1.62. The molecule has 0 aliphatic heterocycles. The van der Waals surface area contributed by atoms with Gasteiger partial charge in [-0.3, -0.25) is 18.3 Å². The van der Waals surface area contributed by atoms with Crippen LogP contribution in [0.3, 0.4) is 0 Å². The summed E-state index contributed by atoms with van der Waals surface area (Å²) in [6.07, 6.45) is 8.00. The lowest BCUT2D eigenvalue weighted by atomic mass is 10.1. The van der Waals surface area contributed by atoms with Crippen LogP contribution >= 0.6 is 0 Å². The first-order valence-corrected chi connectivity index (χ1v) is 33.9. The fourth-order valence-electron chi connectivity index (χ4n) is 9.42. The van der Waals surface area contributed by atoms with Crippen molar-refractivity contribution in [3.8, 4) is 23.0 Å². The summed E-state index contributed by atoms with van der Waals surface area (Å²) in [4.78, 5) is 146. The summed E-state index contributed by atoms with van der Waals surface area (Å²) in [5.41, 5.74) is 7.89. The fourth-order valence-corrected chi connectivity index (χ4v) is 9.42. The van der Waals surface area contributed by atoms with Crippen molar-refractivity contribution < 1.29 is 40.7 Å². The van der Waals surface area contributed by atoms with Crippen LogP contribution in [0.25, 0.3) is 23.0 Å². The number of para-hydroxylation sites is 2. The Morgan fingerprint density at radius 2 is 1.04 bits per heavy atom. The third-order valence-electron chi connectivity index (χ3n) is 14.7. The summed E-state index contributed by atoms with van der Waals surface area (Å²) >= 11 is 0. The Morgan fingerprint density at radius 1 is 0.518 bits per heavy atom. The van der Waals surface area contributed by atoms with Gasteiger partial charge in [0.25, 0.3) is 0 Å². The van der Waals surface area contributed by atoms with E-state index in [0.717, 1.165) is 51.0 Å². The number of hydrogen-bond acceptors (Lipinski definition) is 21. The van der Waals surface area contributed by atoms with E-state index in [1.807, 2.05) is 121 Å². The summed E-state index contributed by atoms with van der Waals surface area (Å²) in [5.74, 6) is -1.42. The highest BCUT2D eigenvalue weighted by Gasteiger charge is 2.30. The fraction of sp³-hybridized carbons (Fsp3) is 0.247. The van der Waals surface area contributed by atoms with E-state index in [0.29, 0.717) is 40.7 Å². The average molecular weight is 1580 g/mol. The van der Waals surface area contributed by atoms with Gasteiger partial charge in [-0.25, -0.2) is 67.8 Å². The van der Waals surface area contributed by atoms with Crippen molar-refractivity contribution in [2.24, 2.45) is 14.1 Å². The van der Waals surface area contributed by atoms with Crippen LogP contribution in [-0.4, -0.2) is 124 Å². The van der Waals surface area contributed by atoms with Crippen LogP contribution in [0, 0.1) is 69.2 Å². The largest absolute Gasteiger partial charge is 0.478 e. The van der Waals surface area contributed by atoms with Crippen LogP contribution in [-0.2, 0) is 27.1 Å². The Labute approximate surface area is 641 Å². The molecule has 114 heavy (non-hydrogen) atoms. The van der Waals surface area contributed by atoms with E-state index in [9.17, 15) is 65.9 Å². The lowest BCUT2D eigenvalue weighted by Crippen LogP contribution is -2.26. The second-order valence-corrected chi connectivity index (χ2v) is 24.3. The van der Waals surface area contributed by atoms with Crippen molar-refractivity contribution >= 4 is 5.97 Å². The van der Waals surface area contributed by atoms with Crippen molar-refractivity contribution in [1.29, 1.82) is 0 Å². The lowest BCUT2D eigenvalue weighted by Gasteiger charge is -2.04. The Morgan fingerprint density at radius 3 is 1.41 bits per heavy atom. The predicted octanol–water partition coefficient (Wildman–Crippen LogP) is 6.79. The van der Waals surface area contributed by atoms with Gasteiger partial charge >= 0.3 is 69.3 Å². The van der Waals surface area contributed by atoms with E-state index in [1.165, 1.54) is 36.9 Å². The number of pyridine rings is 2. The van der Waals surface area contributed by atoms with E-state index in [2.05, 4.69) is 83.6 Å². The summed E-state index contributed by atoms with van der Waals surface area (Å²) in [7, 11) is 3.44. The number of aromatic carboxylic acids is 1. The molecular weight excluding hydrogens is 1500 g/mol. The molecule has 3 aromatic carbocycles. The molecule has 0 radical (unpaired) electrons. The minimum Gasteiger partial charge on any atom is -0.478 e. The molecule has 38 nitrogen and oxygen atoms in total. The van der Waals surface area contributed by atoms with E-state index < -0.39 is 36.0 Å². The maximum absolute atomic E-state index is 11.7. The standard InChI is InChI=1S/C11H10N2O3.C11H12N2O.C10H10N2O.C9H9N3O.C8H7N3O2.C6H10N2O2.C5H5F3N2O2.2C5H8N2O.C3H4N2O2/c1-7-6-13(11(16)12-7)9-5-3-2-4-8(9)10(14)15;1-8-10(13-11(14)12-8)7-9-5-3-2-4-6-9;1-8-7-11-10(13)12(8)9-5-3-2-4-6-9;1-7-6-12(9(13)11-7)8-4-2-3-5-10-8;1-6-10-11(8(12)13-6)7-4-2-3-5-9-7;1-4(2)8-6(9)10-5(3)7-8;1-3-9-10(4(11)12-3)2-5(6,7)8;1-4-3-7(2)5(8)6-4;1-4-3-6-5(8)7(4)2;1-2-4-5-3(6)7-2/h2-6H,1H3,(H,12,16)(H,14,15);2-6H,7H2,1H3,(H2,12,13,14);2-7H,1H3,(H,11,13);2-6H,1H3,(H,11,13);2-5H,1H3;4H,1-3H3;2H2,1H3;2*3H,1-2H3,(H,6,8);1H3,(H,5,6). The third kappa shape index (κ3) is 27.6. The lowest BCUT2D eigenvalue weighted by molar-refractivity contribution is -0.143. The second-order valence-electron chi connectivity index (χ2n) is 24.3. The molecule has 602 valence electrons. The van der Waals surface area contributed by atoms with Crippen molar-refractivity contribution in [1.82, 2.24) is 107 Å². The van der Waals surface area contributed by atoms with Gasteiger partial charge in [0, 0.05) is 131 Å². The van der Waals surface area contributed by atoms with Crippen molar-refractivity contribution in [3.05, 3.63) is 344 Å². The van der Waals surface area contributed by atoms with Crippen LogP contribution < -0.4 is 57.2 Å². The van der Waals surface area contributed by atoms with Gasteiger partial charge in [0.2, 0.25) is 23.6 Å². The van der Waals surface area contributed by atoms with Crippen molar-refractivity contribution in [2.45, 2.75) is 108 Å². The summed E-state index contributed by atoms with van der Waals surface area (Å²) in [6, 6.07) is 36.7. The smallest absolute Gasteiger partial charge is 0.443 e. The van der Waals surface area contributed by atoms with Crippen LogP contribution in [0.15, 0.2) is 230 Å². The number of aryl methyl sites for hydroxylation is 11. The van der Waals surface area contributed by atoms with Crippen LogP contribution in [0.4, 0.5) is 13.2 Å². The molecule has 0 spiro atoms. The number of carboxylic acid groups (broad SMARTS) is 1. The predicted molar refractivity (Wildman–Crippen MR) is 409 cm³/mol. The summed E-state index contributed by atoms with van der Waals surface area (Å²) in [6.45, 7) is 19.6. The number of aromatic amines is 8. The second kappa shape index (κ2) is 41.6. The molecule has 12 heterocycles. The number of hydrogen-bond donors (Lipinski definition) is 9. The number of carboxylic acids is 1. The van der Waals surface area contributed by atoms with Crippen LogP contribution in [0.5, 0.6) is 0 Å². The molecule has 15 rings (SSSR count). The van der Waals surface area contributed by atoms with Gasteiger partial charge in [-0.05, 0) is 109 Å². The SMILES string of the molecule is Cc1[nH]c(=O)[nH]c1Cc1ccccc1.Cc1c[nH]c(=O)n1-c1ccccc1.Cc1c[nH]c(=O)n1C.Cc1cn(-c2ccccc2C(=O)O)c(=O)[nH]1.Cc1cn(-c2ccccn2)c(=O)[nH]1.Cc1cn(C)c(=O)[nH]1.Cc1n[nH]c(=O)o1.Cc1nn(-c2ccccn2)c(=O)o1.Cc1nn(C(C)C)c(=O)o1.Cc1nn(CC(F)(F)F)c(=O)o1. The Kier molecular flexibility index (Phi) is 32.1. The van der Waals surface area contributed by atoms with Crippen LogP contribution in [0.2, 0.25) is 0 Å². The molecule has 0 aliphatic rings. The number of imidazole rings is 6. The number of benzene rings is 3. The monoisotopic (exact) mass is 1580 g/mol. The van der Waals surface area contributed by atoms with E-state index >= 15 is 0 Å².